The Bertz CT molecular complexity index is 385. The fourth-order valence-electron chi connectivity index (χ4n) is 2.02. The van der Waals surface area contributed by atoms with Crippen LogP contribution in [0.4, 0.5) is 5.82 Å². The molecule has 17 heavy (non-hydrogen) atoms. The summed E-state index contributed by atoms with van der Waals surface area (Å²) in [5.74, 6) is 0.803. The lowest BCUT2D eigenvalue weighted by Gasteiger charge is -2.22. The molecule has 2 rings (SSSR count). The first-order valence-electron chi connectivity index (χ1n) is 5.72. The normalized spacial score (nSPS) is 19.5. The first-order chi connectivity index (χ1) is 7.66. The van der Waals surface area contributed by atoms with Crippen LogP contribution in [0.2, 0.25) is 0 Å². The van der Waals surface area contributed by atoms with Crippen LogP contribution in [-0.4, -0.2) is 28.3 Å². The molecule has 1 aliphatic rings. The van der Waals surface area contributed by atoms with Crippen LogP contribution in [0.25, 0.3) is 0 Å². The highest BCUT2D eigenvalue weighted by Crippen LogP contribution is 2.12. The zero-order valence-corrected chi connectivity index (χ0v) is 11.0. The van der Waals surface area contributed by atoms with E-state index >= 15 is 0 Å². The van der Waals surface area contributed by atoms with Crippen LogP contribution in [-0.2, 0) is 11.8 Å². The average Bonchev–Trinajstić information content (AvgIpc) is 2.59. The minimum Gasteiger partial charge on any atom is -0.310 e. The van der Waals surface area contributed by atoms with Gasteiger partial charge in [0.05, 0.1) is 11.7 Å². The molecular formula is C11H19ClN4O. The number of rotatable bonds is 2. The number of hydrogen-bond acceptors (Lipinski definition) is 3. The third-order valence-corrected chi connectivity index (χ3v) is 2.88. The molecule has 1 aliphatic heterocycles. The average molecular weight is 259 g/mol. The molecule has 0 bridgehead atoms. The number of halogens is 1. The van der Waals surface area contributed by atoms with Crippen LogP contribution in [0, 0.1) is 6.92 Å². The first-order valence-corrected chi connectivity index (χ1v) is 5.72. The SMILES string of the molecule is Cc1cc(NC(=O)[C@H]2CCCCN2)n(C)n1.Cl. The molecule has 1 saturated heterocycles. The number of carbonyl (C=O) groups excluding carboxylic acids is 1. The fourth-order valence-corrected chi connectivity index (χ4v) is 2.02. The summed E-state index contributed by atoms with van der Waals surface area (Å²) >= 11 is 0. The van der Waals surface area contributed by atoms with Crippen molar-refractivity contribution in [3.63, 3.8) is 0 Å². The Morgan fingerprint density at radius 3 is 2.88 bits per heavy atom. The van der Waals surface area contributed by atoms with Gasteiger partial charge in [-0.2, -0.15) is 5.10 Å². The lowest BCUT2D eigenvalue weighted by molar-refractivity contribution is -0.118. The molecule has 1 aromatic heterocycles. The van der Waals surface area contributed by atoms with Crippen molar-refractivity contribution in [3.8, 4) is 0 Å². The van der Waals surface area contributed by atoms with Crippen LogP contribution in [0.15, 0.2) is 6.07 Å². The number of carbonyl (C=O) groups is 1. The van der Waals surface area contributed by atoms with Gasteiger partial charge in [0.2, 0.25) is 5.91 Å². The van der Waals surface area contributed by atoms with Gasteiger partial charge in [0.15, 0.2) is 0 Å². The van der Waals surface area contributed by atoms with Gasteiger partial charge in [0.25, 0.3) is 0 Å². The van der Waals surface area contributed by atoms with Crippen molar-refractivity contribution in [1.29, 1.82) is 0 Å². The van der Waals surface area contributed by atoms with Crippen molar-refractivity contribution in [1.82, 2.24) is 15.1 Å². The molecule has 1 aromatic rings. The topological polar surface area (TPSA) is 59.0 Å². The largest absolute Gasteiger partial charge is 0.310 e. The van der Waals surface area contributed by atoms with Crippen molar-refractivity contribution in [3.05, 3.63) is 11.8 Å². The minimum atomic E-state index is -0.0519. The molecule has 6 heteroatoms. The van der Waals surface area contributed by atoms with Gasteiger partial charge in [-0.1, -0.05) is 6.42 Å². The van der Waals surface area contributed by atoms with Gasteiger partial charge >= 0.3 is 0 Å². The minimum absolute atomic E-state index is 0. The Hall–Kier alpha value is -1.07. The summed E-state index contributed by atoms with van der Waals surface area (Å²) in [5, 5.41) is 10.3. The number of anilines is 1. The smallest absolute Gasteiger partial charge is 0.242 e. The molecule has 0 spiro atoms. The zero-order chi connectivity index (χ0) is 11.5. The van der Waals surface area contributed by atoms with Crippen molar-refractivity contribution in [2.45, 2.75) is 32.2 Å². The van der Waals surface area contributed by atoms with Crippen LogP contribution in [0.1, 0.15) is 25.0 Å². The lowest BCUT2D eigenvalue weighted by atomic mass is 10.0. The second kappa shape index (κ2) is 6.02. The predicted molar refractivity (Wildman–Crippen MR) is 69.5 cm³/mol. The van der Waals surface area contributed by atoms with Gasteiger partial charge in [-0.15, -0.1) is 12.4 Å². The van der Waals surface area contributed by atoms with E-state index in [1.54, 1.807) is 4.68 Å². The number of nitrogens with one attached hydrogen (secondary N) is 2. The predicted octanol–water partition coefficient (Wildman–Crippen LogP) is 1.23. The number of hydrogen-bond donors (Lipinski definition) is 2. The van der Waals surface area contributed by atoms with Gasteiger partial charge < -0.3 is 10.6 Å². The quantitative estimate of drug-likeness (QED) is 0.839. The molecule has 1 amide bonds. The van der Waals surface area contributed by atoms with Gasteiger partial charge in [-0.25, -0.2) is 0 Å². The van der Waals surface area contributed by atoms with Crippen molar-refractivity contribution >= 4 is 24.1 Å². The molecule has 96 valence electrons. The monoisotopic (exact) mass is 258 g/mol. The van der Waals surface area contributed by atoms with Gasteiger partial charge in [-0.05, 0) is 26.3 Å². The number of aryl methyl sites for hydroxylation is 2. The van der Waals surface area contributed by atoms with Gasteiger partial charge in [0.1, 0.15) is 5.82 Å². The molecule has 2 heterocycles. The molecule has 1 atom stereocenters. The van der Waals surface area contributed by atoms with Crippen molar-refractivity contribution in [2.24, 2.45) is 7.05 Å². The fraction of sp³-hybridized carbons (Fsp3) is 0.636. The third-order valence-electron chi connectivity index (χ3n) is 2.88. The summed E-state index contributed by atoms with van der Waals surface area (Å²) in [6.07, 6.45) is 3.20. The lowest BCUT2D eigenvalue weighted by Crippen LogP contribution is -2.43. The number of piperidine rings is 1. The molecule has 0 radical (unpaired) electrons. The number of aromatic nitrogens is 2. The third kappa shape index (κ3) is 3.44. The Labute approximate surface area is 107 Å². The Morgan fingerprint density at radius 2 is 2.35 bits per heavy atom. The molecule has 1 fully saturated rings. The van der Waals surface area contributed by atoms with Crippen LogP contribution < -0.4 is 10.6 Å². The van der Waals surface area contributed by atoms with E-state index < -0.39 is 0 Å². The number of amides is 1. The van der Waals surface area contributed by atoms with Crippen LogP contribution in [0.3, 0.4) is 0 Å². The van der Waals surface area contributed by atoms with Crippen LogP contribution >= 0.6 is 12.4 Å². The van der Waals surface area contributed by atoms with E-state index in [-0.39, 0.29) is 24.4 Å². The Balaban J connectivity index is 0.00000144. The summed E-state index contributed by atoms with van der Waals surface area (Å²) in [7, 11) is 1.83. The summed E-state index contributed by atoms with van der Waals surface area (Å²) in [5.41, 5.74) is 0.911. The first kappa shape index (κ1) is 14.0. The number of nitrogens with zero attached hydrogens (tertiary/aromatic N) is 2. The Morgan fingerprint density at radius 1 is 1.59 bits per heavy atom. The second-order valence-corrected chi connectivity index (χ2v) is 4.29. The second-order valence-electron chi connectivity index (χ2n) is 4.29. The maximum atomic E-state index is 11.9. The van der Waals surface area contributed by atoms with E-state index in [2.05, 4.69) is 15.7 Å². The Kier molecular flexibility index (Phi) is 4.96. The molecule has 0 aliphatic carbocycles. The van der Waals surface area contributed by atoms with E-state index in [1.165, 1.54) is 0 Å². The maximum absolute atomic E-state index is 11.9. The maximum Gasteiger partial charge on any atom is 0.242 e. The summed E-state index contributed by atoms with van der Waals surface area (Å²) in [4.78, 5) is 11.9. The molecule has 5 nitrogen and oxygen atoms in total. The molecular weight excluding hydrogens is 240 g/mol. The highest BCUT2D eigenvalue weighted by molar-refractivity contribution is 5.94. The summed E-state index contributed by atoms with van der Waals surface area (Å²) < 4.78 is 1.69. The summed E-state index contributed by atoms with van der Waals surface area (Å²) in [6.45, 7) is 2.84. The van der Waals surface area contributed by atoms with E-state index in [0.29, 0.717) is 0 Å². The van der Waals surface area contributed by atoms with E-state index in [0.717, 1.165) is 37.3 Å². The molecule has 0 aromatic carbocycles. The standard InChI is InChI=1S/C11H18N4O.ClH/c1-8-7-10(15(2)14-8)13-11(16)9-5-3-4-6-12-9;/h7,9,12H,3-6H2,1-2H3,(H,13,16);1H/t9-;/m1./s1. The van der Waals surface area contributed by atoms with Crippen molar-refractivity contribution < 1.29 is 4.79 Å². The van der Waals surface area contributed by atoms with Gasteiger partial charge in [0, 0.05) is 13.1 Å². The van der Waals surface area contributed by atoms with E-state index in [9.17, 15) is 4.79 Å². The highest BCUT2D eigenvalue weighted by Gasteiger charge is 2.21. The molecule has 2 N–H and O–H groups in total. The highest BCUT2D eigenvalue weighted by atomic mass is 35.5. The van der Waals surface area contributed by atoms with E-state index in [4.69, 9.17) is 0 Å². The van der Waals surface area contributed by atoms with E-state index in [1.807, 2.05) is 20.0 Å². The molecule has 0 saturated carbocycles. The van der Waals surface area contributed by atoms with Crippen molar-refractivity contribution in [2.75, 3.05) is 11.9 Å². The van der Waals surface area contributed by atoms with Crippen LogP contribution in [0.5, 0.6) is 0 Å². The molecule has 0 unspecified atom stereocenters. The van der Waals surface area contributed by atoms with Gasteiger partial charge in [-0.3, -0.25) is 9.48 Å². The zero-order valence-electron chi connectivity index (χ0n) is 10.2. The summed E-state index contributed by atoms with van der Waals surface area (Å²) in [6, 6.07) is 1.82.